The lowest BCUT2D eigenvalue weighted by atomic mass is 10.2. The molecule has 0 fully saturated rings. The number of amides is 1. The van der Waals surface area contributed by atoms with E-state index in [2.05, 4.69) is 5.32 Å². The van der Waals surface area contributed by atoms with Gasteiger partial charge in [0.15, 0.2) is 5.37 Å². The van der Waals surface area contributed by atoms with Crippen LogP contribution in [0.1, 0.15) is 17.5 Å². The minimum atomic E-state index is -0.844. The SMILES string of the molecule is NCCCS[C@H](NC(=O)OCc1ccccc1)C(=O)OCc1ccccc1. The van der Waals surface area contributed by atoms with Gasteiger partial charge in [0, 0.05) is 0 Å². The summed E-state index contributed by atoms with van der Waals surface area (Å²) in [6, 6.07) is 18.7. The van der Waals surface area contributed by atoms with Crippen LogP contribution in [0.15, 0.2) is 60.7 Å². The van der Waals surface area contributed by atoms with Crippen LogP contribution in [0, 0.1) is 0 Å². The summed E-state index contributed by atoms with van der Waals surface area (Å²) in [5, 5.41) is 1.72. The fourth-order valence-corrected chi connectivity index (χ4v) is 3.08. The van der Waals surface area contributed by atoms with Crippen LogP contribution in [-0.4, -0.2) is 29.7 Å². The zero-order valence-corrected chi connectivity index (χ0v) is 15.8. The number of rotatable bonds is 10. The molecule has 27 heavy (non-hydrogen) atoms. The highest BCUT2D eigenvalue weighted by atomic mass is 32.2. The molecule has 3 N–H and O–H groups in total. The number of nitrogens with one attached hydrogen (secondary N) is 1. The predicted octanol–water partition coefficient (Wildman–Crippen LogP) is 3.06. The molecule has 0 aliphatic carbocycles. The van der Waals surface area contributed by atoms with E-state index in [1.165, 1.54) is 11.8 Å². The average molecular weight is 388 g/mol. The van der Waals surface area contributed by atoms with E-state index < -0.39 is 17.4 Å². The van der Waals surface area contributed by atoms with E-state index in [1.807, 2.05) is 60.7 Å². The minimum absolute atomic E-state index is 0.131. The first-order chi connectivity index (χ1) is 13.2. The zero-order chi connectivity index (χ0) is 19.3. The van der Waals surface area contributed by atoms with Crippen molar-refractivity contribution < 1.29 is 19.1 Å². The van der Waals surface area contributed by atoms with E-state index >= 15 is 0 Å². The second-order valence-corrected chi connectivity index (χ2v) is 6.91. The second-order valence-electron chi connectivity index (χ2n) is 5.69. The van der Waals surface area contributed by atoms with E-state index in [9.17, 15) is 9.59 Å². The number of ether oxygens (including phenoxy) is 2. The number of esters is 1. The van der Waals surface area contributed by atoms with Gasteiger partial charge in [-0.15, -0.1) is 11.8 Å². The van der Waals surface area contributed by atoms with Crippen molar-refractivity contribution in [1.82, 2.24) is 5.32 Å². The van der Waals surface area contributed by atoms with Gasteiger partial charge in [-0.25, -0.2) is 9.59 Å². The highest BCUT2D eigenvalue weighted by molar-refractivity contribution is 8.00. The Hall–Kier alpha value is -2.51. The normalized spacial score (nSPS) is 11.4. The van der Waals surface area contributed by atoms with Crippen LogP contribution in [-0.2, 0) is 27.5 Å². The van der Waals surface area contributed by atoms with Gasteiger partial charge < -0.3 is 15.2 Å². The van der Waals surface area contributed by atoms with Crippen molar-refractivity contribution in [1.29, 1.82) is 0 Å². The Kier molecular flexibility index (Phi) is 9.23. The van der Waals surface area contributed by atoms with E-state index in [1.54, 1.807) is 0 Å². The van der Waals surface area contributed by atoms with Crippen molar-refractivity contribution in [3.63, 3.8) is 0 Å². The number of hydrogen-bond donors (Lipinski definition) is 2. The molecular weight excluding hydrogens is 364 g/mol. The lowest BCUT2D eigenvalue weighted by molar-refractivity contribution is -0.144. The largest absolute Gasteiger partial charge is 0.459 e. The van der Waals surface area contributed by atoms with E-state index in [-0.39, 0.29) is 13.2 Å². The summed E-state index contributed by atoms with van der Waals surface area (Å²) in [5.74, 6) is 0.109. The van der Waals surface area contributed by atoms with Gasteiger partial charge in [0.25, 0.3) is 0 Å². The van der Waals surface area contributed by atoms with Crippen molar-refractivity contribution in [2.45, 2.75) is 25.0 Å². The van der Waals surface area contributed by atoms with Crippen molar-refractivity contribution >= 4 is 23.8 Å². The summed E-state index contributed by atoms with van der Waals surface area (Å²) in [6.45, 7) is 0.789. The fourth-order valence-electron chi connectivity index (χ4n) is 2.13. The number of alkyl carbamates (subject to hydrolysis) is 1. The quantitative estimate of drug-likeness (QED) is 0.369. The molecule has 0 aromatic heterocycles. The third kappa shape index (κ3) is 8.15. The molecule has 144 valence electrons. The standard InChI is InChI=1S/C20H24N2O4S/c21-12-7-13-27-18(19(23)25-14-16-8-3-1-4-9-16)22-20(24)26-15-17-10-5-2-6-11-17/h1-6,8-11,18H,7,12-15,21H2,(H,22,24)/t18-/m0/s1. The van der Waals surface area contributed by atoms with Crippen molar-refractivity contribution in [2.75, 3.05) is 12.3 Å². The Labute approximate surface area is 163 Å². The second kappa shape index (κ2) is 12.0. The maximum atomic E-state index is 12.4. The first-order valence-corrected chi connectivity index (χ1v) is 9.73. The highest BCUT2D eigenvalue weighted by Crippen LogP contribution is 2.13. The predicted molar refractivity (Wildman–Crippen MR) is 106 cm³/mol. The maximum Gasteiger partial charge on any atom is 0.408 e. The molecule has 0 saturated heterocycles. The van der Waals surface area contributed by atoms with Gasteiger partial charge >= 0.3 is 12.1 Å². The molecule has 6 nitrogen and oxygen atoms in total. The minimum Gasteiger partial charge on any atom is -0.459 e. The van der Waals surface area contributed by atoms with Gasteiger partial charge in [-0.05, 0) is 29.8 Å². The van der Waals surface area contributed by atoms with Gasteiger partial charge in [0.1, 0.15) is 13.2 Å². The van der Waals surface area contributed by atoms with Crippen LogP contribution in [0.4, 0.5) is 4.79 Å². The fraction of sp³-hybridized carbons (Fsp3) is 0.300. The summed E-state index contributed by atoms with van der Waals surface area (Å²) < 4.78 is 10.5. The molecule has 2 aromatic rings. The molecule has 0 bridgehead atoms. The summed E-state index contributed by atoms with van der Waals surface area (Å²) >= 11 is 1.27. The summed E-state index contributed by atoms with van der Waals surface area (Å²) in [6.07, 6.45) is 0.0641. The lowest BCUT2D eigenvalue weighted by Crippen LogP contribution is -2.40. The molecule has 0 radical (unpaired) electrons. The summed E-state index contributed by atoms with van der Waals surface area (Å²) in [7, 11) is 0. The first kappa shape index (κ1) is 20.8. The number of carbonyl (C=O) groups is 2. The molecule has 0 spiro atoms. The number of nitrogens with two attached hydrogens (primary N) is 1. The number of hydrogen-bond acceptors (Lipinski definition) is 6. The molecule has 0 saturated carbocycles. The van der Waals surface area contributed by atoms with E-state index in [0.717, 1.165) is 17.5 Å². The Morgan fingerprint density at radius 2 is 1.48 bits per heavy atom. The molecule has 0 aliphatic rings. The molecular formula is C20H24N2O4S. The monoisotopic (exact) mass is 388 g/mol. The van der Waals surface area contributed by atoms with Crippen LogP contribution in [0.3, 0.4) is 0 Å². The average Bonchev–Trinajstić information content (AvgIpc) is 2.71. The summed E-state index contributed by atoms with van der Waals surface area (Å²) in [4.78, 5) is 24.4. The molecule has 0 heterocycles. The van der Waals surface area contributed by atoms with Gasteiger partial charge in [0.05, 0.1) is 0 Å². The topological polar surface area (TPSA) is 90.6 Å². The third-order valence-corrected chi connectivity index (χ3v) is 4.70. The maximum absolute atomic E-state index is 12.4. The molecule has 0 aliphatic heterocycles. The first-order valence-electron chi connectivity index (χ1n) is 8.68. The van der Waals surface area contributed by atoms with Crippen LogP contribution < -0.4 is 11.1 Å². The molecule has 0 unspecified atom stereocenters. The van der Waals surface area contributed by atoms with Crippen molar-refractivity contribution in [3.8, 4) is 0 Å². The Bertz CT molecular complexity index is 698. The van der Waals surface area contributed by atoms with Crippen LogP contribution in [0.2, 0.25) is 0 Å². The molecule has 2 aromatic carbocycles. The Balaban J connectivity index is 1.85. The summed E-state index contributed by atoms with van der Waals surface area (Å²) in [5.41, 5.74) is 7.24. The highest BCUT2D eigenvalue weighted by Gasteiger charge is 2.23. The smallest absolute Gasteiger partial charge is 0.408 e. The molecule has 2 rings (SSSR count). The molecule has 1 amide bonds. The van der Waals surface area contributed by atoms with Gasteiger partial charge in [-0.3, -0.25) is 5.32 Å². The lowest BCUT2D eigenvalue weighted by Gasteiger charge is -2.17. The molecule has 1 atom stereocenters. The van der Waals surface area contributed by atoms with Crippen molar-refractivity contribution in [3.05, 3.63) is 71.8 Å². The van der Waals surface area contributed by atoms with E-state index in [4.69, 9.17) is 15.2 Å². The van der Waals surface area contributed by atoms with E-state index in [0.29, 0.717) is 12.3 Å². The zero-order valence-electron chi connectivity index (χ0n) is 15.0. The van der Waals surface area contributed by atoms with Gasteiger partial charge in [0.2, 0.25) is 0 Å². The Morgan fingerprint density at radius 3 is 2.04 bits per heavy atom. The van der Waals surface area contributed by atoms with Crippen LogP contribution in [0.25, 0.3) is 0 Å². The Morgan fingerprint density at radius 1 is 0.926 bits per heavy atom. The van der Waals surface area contributed by atoms with Crippen molar-refractivity contribution in [2.24, 2.45) is 5.73 Å². The third-order valence-electron chi connectivity index (χ3n) is 3.53. The number of thioether (sulfide) groups is 1. The number of carbonyl (C=O) groups excluding carboxylic acids is 2. The van der Waals surface area contributed by atoms with Gasteiger partial charge in [-0.1, -0.05) is 60.7 Å². The molecule has 7 heteroatoms. The van der Waals surface area contributed by atoms with Crippen LogP contribution >= 0.6 is 11.8 Å². The van der Waals surface area contributed by atoms with Crippen LogP contribution in [0.5, 0.6) is 0 Å². The number of benzene rings is 2. The van der Waals surface area contributed by atoms with Gasteiger partial charge in [-0.2, -0.15) is 0 Å².